The molecule has 1 fully saturated rings. The summed E-state index contributed by atoms with van der Waals surface area (Å²) in [5.74, 6) is -0.480. The van der Waals surface area contributed by atoms with Gasteiger partial charge in [0.25, 0.3) is 0 Å². The lowest BCUT2D eigenvalue weighted by Crippen LogP contribution is -2.64. The highest BCUT2D eigenvalue weighted by atomic mass is 31.2. The Hall–Kier alpha value is -0.920. The van der Waals surface area contributed by atoms with Crippen molar-refractivity contribution in [2.45, 2.75) is 301 Å². The number of rotatable bonds is 48. The van der Waals surface area contributed by atoms with Crippen LogP contribution >= 0.6 is 7.82 Å². The van der Waals surface area contributed by atoms with Crippen LogP contribution in [0.2, 0.25) is 0 Å². The van der Waals surface area contributed by atoms with Gasteiger partial charge in [-0.05, 0) is 38.5 Å². The Labute approximate surface area is 403 Å². The quantitative estimate of drug-likeness (QED) is 0.0147. The molecule has 1 saturated carbocycles. The van der Waals surface area contributed by atoms with Crippen molar-refractivity contribution in [3.63, 3.8) is 0 Å². The predicted molar refractivity (Wildman–Crippen MR) is 267 cm³/mol. The number of phosphoric acid groups is 1. The lowest BCUT2D eigenvalue weighted by molar-refractivity contribution is -0.220. The molecule has 1 rings (SSSR count). The van der Waals surface area contributed by atoms with Crippen LogP contribution in [0.1, 0.15) is 258 Å². The van der Waals surface area contributed by atoms with Crippen LogP contribution in [0, 0.1) is 0 Å². The fourth-order valence-corrected chi connectivity index (χ4v) is 9.74. The van der Waals surface area contributed by atoms with Gasteiger partial charge in [0.05, 0.1) is 13.2 Å². The maximum atomic E-state index is 12.9. The molecule has 0 bridgehead atoms. The molecular weight excluding hydrogens is 860 g/mol. The molecule has 1 aliphatic carbocycles. The zero-order valence-electron chi connectivity index (χ0n) is 42.3. The van der Waals surface area contributed by atoms with Crippen molar-refractivity contribution in [1.29, 1.82) is 0 Å². The van der Waals surface area contributed by atoms with Gasteiger partial charge in [0.15, 0.2) is 0 Å². The Morgan fingerprint density at radius 1 is 0.470 bits per heavy atom. The highest BCUT2D eigenvalue weighted by molar-refractivity contribution is 7.47. The minimum Gasteiger partial charge on any atom is -0.457 e. The van der Waals surface area contributed by atoms with Crippen molar-refractivity contribution in [2.75, 3.05) is 19.8 Å². The number of phosphoric ester groups is 1. The molecule has 66 heavy (non-hydrogen) atoms. The third-order valence-corrected chi connectivity index (χ3v) is 14.1. The fraction of sp³-hybridized carbons (Fsp3) is 0.943. The number of hydrogen-bond acceptors (Lipinski definition) is 11. The first-order valence-electron chi connectivity index (χ1n) is 27.5. The summed E-state index contributed by atoms with van der Waals surface area (Å²) in [5.41, 5.74) is 0. The van der Waals surface area contributed by atoms with Crippen molar-refractivity contribution in [3.8, 4) is 0 Å². The van der Waals surface area contributed by atoms with Gasteiger partial charge < -0.3 is 39.9 Å². The lowest BCUT2D eigenvalue weighted by Gasteiger charge is -2.41. The second-order valence-corrected chi connectivity index (χ2v) is 20.8. The Balaban J connectivity index is 2.26. The van der Waals surface area contributed by atoms with E-state index in [1.54, 1.807) is 0 Å². The number of ether oxygens (including phenoxy) is 2. The van der Waals surface area contributed by atoms with Gasteiger partial charge in [-0.2, -0.15) is 0 Å². The molecule has 6 unspecified atom stereocenters. The SMILES string of the molecule is CCCCCCCC/C=C\CCCCCCCC(=O)OC(COCCCCCCCCCCCCCCCCCCCCCCCCCC)COP(=O)(O)OC1C(O)C(O)C(O)C(O)C1O. The molecule has 0 amide bonds. The van der Waals surface area contributed by atoms with Crippen LogP contribution < -0.4 is 0 Å². The summed E-state index contributed by atoms with van der Waals surface area (Å²) in [6.45, 7) is 4.30. The van der Waals surface area contributed by atoms with Crippen LogP contribution in [0.25, 0.3) is 0 Å². The van der Waals surface area contributed by atoms with Gasteiger partial charge in [-0.15, -0.1) is 0 Å². The normalized spacial score (nSPS) is 21.4. The van der Waals surface area contributed by atoms with Gasteiger partial charge in [-0.25, -0.2) is 4.57 Å². The summed E-state index contributed by atoms with van der Waals surface area (Å²) in [5, 5.41) is 50.3. The molecule has 0 spiro atoms. The molecule has 6 N–H and O–H groups in total. The molecule has 12 nitrogen and oxygen atoms in total. The number of carbonyl (C=O) groups excluding carboxylic acids is 1. The number of aliphatic hydroxyl groups excluding tert-OH is 5. The maximum Gasteiger partial charge on any atom is 0.472 e. The van der Waals surface area contributed by atoms with Gasteiger partial charge in [0, 0.05) is 13.0 Å². The van der Waals surface area contributed by atoms with Crippen molar-refractivity contribution < 1.29 is 58.3 Å². The average molecular weight is 963 g/mol. The van der Waals surface area contributed by atoms with Gasteiger partial charge in [-0.3, -0.25) is 13.8 Å². The molecule has 6 atom stereocenters. The first-order chi connectivity index (χ1) is 32.0. The van der Waals surface area contributed by atoms with Crippen LogP contribution in [-0.4, -0.2) is 98.9 Å². The van der Waals surface area contributed by atoms with E-state index in [1.807, 2.05) is 0 Å². The van der Waals surface area contributed by atoms with Crippen molar-refractivity contribution in [3.05, 3.63) is 12.2 Å². The molecule has 0 aliphatic heterocycles. The topological polar surface area (TPSA) is 192 Å². The molecule has 0 aromatic carbocycles. The van der Waals surface area contributed by atoms with E-state index in [9.17, 15) is 39.8 Å². The van der Waals surface area contributed by atoms with E-state index in [2.05, 4.69) is 26.0 Å². The summed E-state index contributed by atoms with van der Waals surface area (Å²) >= 11 is 0. The minimum absolute atomic E-state index is 0.0736. The molecule has 0 aromatic heterocycles. The third-order valence-electron chi connectivity index (χ3n) is 13.1. The number of hydrogen-bond donors (Lipinski definition) is 6. The second-order valence-electron chi connectivity index (χ2n) is 19.4. The highest BCUT2D eigenvalue weighted by Crippen LogP contribution is 2.47. The molecule has 0 heterocycles. The monoisotopic (exact) mass is 963 g/mol. The Morgan fingerprint density at radius 3 is 1.20 bits per heavy atom. The minimum atomic E-state index is -5.02. The van der Waals surface area contributed by atoms with Crippen molar-refractivity contribution >= 4 is 13.8 Å². The Bertz CT molecular complexity index is 1140. The van der Waals surface area contributed by atoms with Crippen molar-refractivity contribution in [1.82, 2.24) is 0 Å². The smallest absolute Gasteiger partial charge is 0.457 e. The lowest BCUT2D eigenvalue weighted by atomic mass is 9.85. The van der Waals surface area contributed by atoms with Crippen LogP contribution in [-0.2, 0) is 27.9 Å². The van der Waals surface area contributed by atoms with Crippen LogP contribution in [0.15, 0.2) is 12.2 Å². The third kappa shape index (κ3) is 35.2. The number of unbranched alkanes of at least 4 members (excludes halogenated alkanes) is 34. The van der Waals surface area contributed by atoms with E-state index >= 15 is 0 Å². The number of allylic oxidation sites excluding steroid dienone is 2. The number of esters is 1. The number of aliphatic hydroxyl groups is 5. The first-order valence-corrected chi connectivity index (χ1v) is 29.0. The summed E-state index contributed by atoms with van der Waals surface area (Å²) in [4.78, 5) is 23.2. The van der Waals surface area contributed by atoms with E-state index in [-0.39, 0.29) is 13.0 Å². The highest BCUT2D eigenvalue weighted by Gasteiger charge is 2.51. The van der Waals surface area contributed by atoms with E-state index in [4.69, 9.17) is 18.5 Å². The van der Waals surface area contributed by atoms with Crippen LogP contribution in [0.4, 0.5) is 0 Å². The summed E-state index contributed by atoms with van der Waals surface area (Å²) in [6.07, 6.45) is 38.6. The van der Waals surface area contributed by atoms with Gasteiger partial charge in [0.2, 0.25) is 0 Å². The average Bonchev–Trinajstić information content (AvgIpc) is 3.30. The maximum absolute atomic E-state index is 12.9. The number of carbonyl (C=O) groups is 1. The van der Waals surface area contributed by atoms with Crippen LogP contribution in [0.5, 0.6) is 0 Å². The summed E-state index contributed by atoms with van der Waals surface area (Å²) in [7, 11) is -5.02. The molecular formula is C53H103O12P. The predicted octanol–water partition coefficient (Wildman–Crippen LogP) is 12.7. The largest absolute Gasteiger partial charge is 0.472 e. The molecule has 0 radical (unpaired) electrons. The Kier molecular flexibility index (Phi) is 42.1. The zero-order chi connectivity index (χ0) is 48.4. The zero-order valence-corrected chi connectivity index (χ0v) is 43.2. The van der Waals surface area contributed by atoms with E-state index < -0.39 is 63.1 Å². The molecule has 0 aromatic rings. The van der Waals surface area contributed by atoms with E-state index in [0.29, 0.717) is 13.0 Å². The summed E-state index contributed by atoms with van der Waals surface area (Å²) in [6, 6.07) is 0. The van der Waals surface area contributed by atoms with E-state index in [0.717, 1.165) is 57.8 Å². The molecule has 13 heteroatoms. The molecule has 0 saturated heterocycles. The molecule has 1 aliphatic rings. The van der Waals surface area contributed by atoms with Crippen molar-refractivity contribution in [2.24, 2.45) is 0 Å². The molecule has 392 valence electrons. The van der Waals surface area contributed by atoms with Gasteiger partial charge in [-0.1, -0.05) is 225 Å². The first kappa shape index (κ1) is 63.1. The fourth-order valence-electron chi connectivity index (χ4n) is 8.77. The van der Waals surface area contributed by atoms with Crippen LogP contribution in [0.3, 0.4) is 0 Å². The van der Waals surface area contributed by atoms with Gasteiger partial charge >= 0.3 is 13.8 Å². The summed E-state index contributed by atoms with van der Waals surface area (Å²) < 4.78 is 34.3. The second kappa shape index (κ2) is 44.1. The van der Waals surface area contributed by atoms with Gasteiger partial charge in [0.1, 0.15) is 42.7 Å². The Morgan fingerprint density at radius 2 is 0.803 bits per heavy atom. The standard InChI is InChI=1S/C53H103O12P/c1-3-5-7-9-11-13-15-17-19-20-21-22-23-24-25-26-27-29-31-33-35-37-39-41-43-62-44-46(45-63-66(60,61)65-53-51(58)49(56)48(55)50(57)52(53)59)64-47(54)42-40-38-36-34-32-30-28-18-16-14-12-10-8-6-4-2/h18,28,46,48-53,55-59H,3-17,19-27,29-45H2,1-2H3,(H,60,61)/b28-18-. The van der Waals surface area contributed by atoms with E-state index in [1.165, 1.54) is 173 Å².